The van der Waals surface area contributed by atoms with E-state index in [1.54, 1.807) is 0 Å². The molecule has 0 radical (unpaired) electrons. The lowest BCUT2D eigenvalue weighted by molar-refractivity contribution is -0.117. The Morgan fingerprint density at radius 1 is 1.44 bits per heavy atom. The molecule has 4 nitrogen and oxygen atoms in total. The molecule has 0 aliphatic heterocycles. The van der Waals surface area contributed by atoms with E-state index >= 15 is 0 Å². The monoisotopic (exact) mass is 252 g/mol. The number of aliphatic imine (C=N–C) groups is 1. The Labute approximate surface area is 109 Å². The molecule has 0 bridgehead atoms. The van der Waals surface area contributed by atoms with Crippen molar-refractivity contribution in [3.8, 4) is 0 Å². The summed E-state index contributed by atoms with van der Waals surface area (Å²) in [5.74, 6) is 0.907. The smallest absolute Gasteiger partial charge is 0.168 e. The van der Waals surface area contributed by atoms with Crippen molar-refractivity contribution in [1.82, 2.24) is 4.90 Å². The summed E-state index contributed by atoms with van der Waals surface area (Å²) < 4.78 is 0. The lowest BCUT2D eigenvalue weighted by Crippen LogP contribution is -2.24. The molecule has 1 atom stereocenters. The number of carbonyl (C=O) groups excluding carboxylic acids is 1. The van der Waals surface area contributed by atoms with Gasteiger partial charge in [-0.2, -0.15) is 0 Å². The minimum atomic E-state index is 0.0195. The summed E-state index contributed by atoms with van der Waals surface area (Å²) in [6.07, 6.45) is 2.66. The van der Waals surface area contributed by atoms with Gasteiger partial charge in [-0.05, 0) is 25.9 Å². The molecule has 0 aromatic carbocycles. The fraction of sp³-hybridized carbons (Fsp3) is 0.714. The number of aliphatic hydroxyl groups excluding tert-OH is 1. The predicted molar refractivity (Wildman–Crippen MR) is 74.1 cm³/mol. The highest BCUT2D eigenvalue weighted by atomic mass is 16.3. The zero-order valence-electron chi connectivity index (χ0n) is 11.8. The maximum absolute atomic E-state index is 11.9. The van der Waals surface area contributed by atoms with Gasteiger partial charge in [-0.15, -0.1) is 0 Å². The van der Waals surface area contributed by atoms with Crippen LogP contribution in [0.25, 0.3) is 0 Å². The molecule has 0 saturated carbocycles. The van der Waals surface area contributed by atoms with E-state index in [2.05, 4.69) is 18.8 Å². The SMILES string of the molecule is CC(C)C1CC(=O)C(C=NCCN(C)C)=C(O)C1. The fourth-order valence-corrected chi connectivity index (χ4v) is 1.97. The highest BCUT2D eigenvalue weighted by Crippen LogP contribution is 2.30. The number of likely N-dealkylation sites (N-methyl/N-ethyl adjacent to an activating group) is 1. The lowest BCUT2D eigenvalue weighted by atomic mass is 9.81. The minimum Gasteiger partial charge on any atom is -0.511 e. The van der Waals surface area contributed by atoms with Crippen molar-refractivity contribution in [3.63, 3.8) is 0 Å². The highest BCUT2D eigenvalue weighted by molar-refractivity contribution is 6.14. The van der Waals surface area contributed by atoms with Crippen LogP contribution in [0, 0.1) is 11.8 Å². The second kappa shape index (κ2) is 6.69. The van der Waals surface area contributed by atoms with E-state index in [1.807, 2.05) is 19.0 Å². The largest absolute Gasteiger partial charge is 0.511 e. The molecule has 0 aromatic rings. The molecule has 1 unspecified atom stereocenters. The van der Waals surface area contributed by atoms with Gasteiger partial charge in [0.1, 0.15) is 5.76 Å². The Balaban J connectivity index is 2.64. The van der Waals surface area contributed by atoms with Crippen LogP contribution in [0.3, 0.4) is 0 Å². The van der Waals surface area contributed by atoms with Gasteiger partial charge in [0.15, 0.2) is 5.78 Å². The maximum Gasteiger partial charge on any atom is 0.168 e. The van der Waals surface area contributed by atoms with E-state index in [1.165, 1.54) is 6.21 Å². The zero-order valence-corrected chi connectivity index (χ0v) is 11.8. The summed E-state index contributed by atoms with van der Waals surface area (Å²) in [5, 5.41) is 9.92. The predicted octanol–water partition coefficient (Wildman–Crippen LogP) is 2.07. The average Bonchev–Trinajstić information content (AvgIpc) is 2.26. The van der Waals surface area contributed by atoms with Gasteiger partial charge in [-0.25, -0.2) is 0 Å². The number of Topliss-reactive ketones (excluding diaryl/α,β-unsaturated/α-hetero) is 1. The number of hydrogen-bond acceptors (Lipinski definition) is 4. The number of allylic oxidation sites excluding steroid dienone is 2. The second-order valence-corrected chi connectivity index (χ2v) is 5.53. The van der Waals surface area contributed by atoms with Gasteiger partial charge in [0.2, 0.25) is 0 Å². The summed E-state index contributed by atoms with van der Waals surface area (Å²) in [6.45, 7) is 5.65. The van der Waals surface area contributed by atoms with E-state index in [4.69, 9.17) is 0 Å². The fourth-order valence-electron chi connectivity index (χ4n) is 1.97. The molecule has 0 saturated heterocycles. The van der Waals surface area contributed by atoms with Crippen molar-refractivity contribution >= 4 is 12.0 Å². The number of rotatable bonds is 5. The zero-order chi connectivity index (χ0) is 13.7. The second-order valence-electron chi connectivity index (χ2n) is 5.53. The van der Waals surface area contributed by atoms with E-state index < -0.39 is 0 Å². The number of aliphatic hydroxyl groups is 1. The summed E-state index contributed by atoms with van der Waals surface area (Å²) in [7, 11) is 3.95. The van der Waals surface area contributed by atoms with Crippen molar-refractivity contribution in [2.24, 2.45) is 16.8 Å². The van der Waals surface area contributed by atoms with E-state index in [-0.39, 0.29) is 17.5 Å². The number of carbonyl (C=O) groups is 1. The van der Waals surface area contributed by atoms with Gasteiger partial charge in [-0.3, -0.25) is 9.79 Å². The van der Waals surface area contributed by atoms with Crippen LogP contribution in [0.5, 0.6) is 0 Å². The first-order chi connectivity index (χ1) is 8.41. The molecule has 1 aliphatic rings. The minimum absolute atomic E-state index is 0.0195. The normalized spacial score (nSPS) is 21.7. The van der Waals surface area contributed by atoms with Crippen molar-refractivity contribution < 1.29 is 9.90 Å². The third-order valence-electron chi connectivity index (χ3n) is 3.35. The number of hydrogen-bond donors (Lipinski definition) is 1. The molecule has 1 aliphatic carbocycles. The Morgan fingerprint density at radius 3 is 2.61 bits per heavy atom. The van der Waals surface area contributed by atoms with Gasteiger partial charge in [0, 0.05) is 25.6 Å². The van der Waals surface area contributed by atoms with Crippen LogP contribution < -0.4 is 0 Å². The molecule has 0 amide bonds. The Bertz CT molecular complexity index is 357. The first kappa shape index (κ1) is 14.9. The van der Waals surface area contributed by atoms with Crippen molar-refractivity contribution in [2.75, 3.05) is 27.2 Å². The summed E-state index contributed by atoms with van der Waals surface area (Å²) in [4.78, 5) is 18.2. The van der Waals surface area contributed by atoms with Gasteiger partial charge in [0.05, 0.1) is 12.1 Å². The molecule has 4 heteroatoms. The first-order valence-corrected chi connectivity index (χ1v) is 6.51. The first-order valence-electron chi connectivity index (χ1n) is 6.51. The van der Waals surface area contributed by atoms with Crippen LogP contribution in [0.4, 0.5) is 0 Å². The molecular formula is C14H24N2O2. The van der Waals surface area contributed by atoms with Crippen LogP contribution in [-0.4, -0.2) is 49.2 Å². The molecule has 0 aromatic heterocycles. The molecular weight excluding hydrogens is 228 g/mol. The van der Waals surface area contributed by atoms with Crippen molar-refractivity contribution in [2.45, 2.75) is 26.7 Å². The summed E-state index contributed by atoms with van der Waals surface area (Å²) in [6, 6.07) is 0. The molecule has 0 spiro atoms. The Morgan fingerprint density at radius 2 is 2.11 bits per heavy atom. The van der Waals surface area contributed by atoms with Gasteiger partial charge in [-0.1, -0.05) is 13.8 Å². The van der Waals surface area contributed by atoms with Crippen LogP contribution in [0.2, 0.25) is 0 Å². The maximum atomic E-state index is 11.9. The van der Waals surface area contributed by atoms with E-state index in [9.17, 15) is 9.90 Å². The van der Waals surface area contributed by atoms with Gasteiger partial charge >= 0.3 is 0 Å². The molecule has 18 heavy (non-hydrogen) atoms. The quantitative estimate of drug-likeness (QED) is 0.762. The molecule has 1 N–H and O–H groups in total. The highest BCUT2D eigenvalue weighted by Gasteiger charge is 2.28. The topological polar surface area (TPSA) is 52.9 Å². The van der Waals surface area contributed by atoms with Crippen molar-refractivity contribution in [3.05, 3.63) is 11.3 Å². The molecule has 0 fully saturated rings. The van der Waals surface area contributed by atoms with Crippen LogP contribution in [0.15, 0.2) is 16.3 Å². The van der Waals surface area contributed by atoms with Gasteiger partial charge in [0.25, 0.3) is 0 Å². The summed E-state index contributed by atoms with van der Waals surface area (Å²) >= 11 is 0. The van der Waals surface area contributed by atoms with E-state index in [0.29, 0.717) is 30.9 Å². The Hall–Kier alpha value is -1.16. The van der Waals surface area contributed by atoms with E-state index in [0.717, 1.165) is 6.54 Å². The standard InChI is InChI=1S/C14H24N2O2/c1-10(2)11-7-13(17)12(14(18)8-11)9-15-5-6-16(3)4/h9-11,17H,5-8H2,1-4H3. The average molecular weight is 252 g/mol. The summed E-state index contributed by atoms with van der Waals surface area (Å²) in [5.41, 5.74) is 0.408. The van der Waals surface area contributed by atoms with Crippen LogP contribution in [-0.2, 0) is 4.79 Å². The van der Waals surface area contributed by atoms with Gasteiger partial charge < -0.3 is 10.0 Å². The Kier molecular flexibility index (Phi) is 5.54. The van der Waals surface area contributed by atoms with Crippen LogP contribution >= 0.6 is 0 Å². The number of nitrogens with zero attached hydrogens (tertiary/aromatic N) is 2. The lowest BCUT2D eigenvalue weighted by Gasteiger charge is -2.24. The molecule has 102 valence electrons. The molecule has 0 heterocycles. The van der Waals surface area contributed by atoms with Crippen LogP contribution in [0.1, 0.15) is 26.7 Å². The number of ketones is 1. The van der Waals surface area contributed by atoms with Crippen molar-refractivity contribution in [1.29, 1.82) is 0 Å². The molecule has 1 rings (SSSR count). The third kappa shape index (κ3) is 4.26. The third-order valence-corrected chi connectivity index (χ3v) is 3.35.